The van der Waals surface area contributed by atoms with E-state index in [0.29, 0.717) is 33.5 Å². The molecular formula is C25H21ClN2O4. The van der Waals surface area contributed by atoms with Crippen molar-refractivity contribution in [3.63, 3.8) is 0 Å². The van der Waals surface area contributed by atoms with E-state index in [1.54, 1.807) is 49.6 Å². The summed E-state index contributed by atoms with van der Waals surface area (Å²) in [6.45, 7) is 1.96. The van der Waals surface area contributed by atoms with Crippen LogP contribution in [0.4, 0.5) is 11.4 Å². The molecule has 0 atom stereocenters. The second kappa shape index (κ2) is 8.77. The Morgan fingerprint density at radius 3 is 2.25 bits per heavy atom. The van der Waals surface area contributed by atoms with Crippen LogP contribution in [-0.4, -0.2) is 26.0 Å². The normalized spacial score (nSPS) is 13.6. The van der Waals surface area contributed by atoms with Crippen LogP contribution in [0.1, 0.15) is 11.1 Å². The van der Waals surface area contributed by atoms with Gasteiger partial charge in [-0.05, 0) is 36.8 Å². The molecule has 0 saturated heterocycles. The zero-order chi connectivity index (χ0) is 22.8. The predicted octanol–water partition coefficient (Wildman–Crippen LogP) is 5.06. The fourth-order valence-electron chi connectivity index (χ4n) is 3.52. The molecule has 4 rings (SSSR count). The van der Waals surface area contributed by atoms with Crippen LogP contribution < -0.4 is 19.7 Å². The zero-order valence-corrected chi connectivity index (χ0v) is 18.6. The minimum Gasteiger partial charge on any atom is -0.497 e. The van der Waals surface area contributed by atoms with E-state index in [0.717, 1.165) is 10.5 Å². The van der Waals surface area contributed by atoms with Crippen molar-refractivity contribution in [1.29, 1.82) is 0 Å². The van der Waals surface area contributed by atoms with E-state index in [9.17, 15) is 9.59 Å². The smallest absolute Gasteiger partial charge is 0.282 e. The van der Waals surface area contributed by atoms with Crippen LogP contribution in [0, 0.1) is 6.92 Å². The maximum atomic E-state index is 13.5. The van der Waals surface area contributed by atoms with Crippen LogP contribution >= 0.6 is 11.6 Å². The molecule has 0 unspecified atom stereocenters. The highest BCUT2D eigenvalue weighted by Crippen LogP contribution is 2.38. The lowest BCUT2D eigenvalue weighted by Crippen LogP contribution is -2.32. The van der Waals surface area contributed by atoms with Crippen LogP contribution in [0.3, 0.4) is 0 Å². The molecule has 162 valence electrons. The second-order valence-electron chi connectivity index (χ2n) is 7.20. The number of anilines is 2. The maximum absolute atomic E-state index is 13.5. The molecule has 0 radical (unpaired) electrons. The molecule has 1 heterocycles. The van der Waals surface area contributed by atoms with Gasteiger partial charge < -0.3 is 14.8 Å². The molecule has 1 N–H and O–H groups in total. The van der Waals surface area contributed by atoms with Crippen molar-refractivity contribution in [2.24, 2.45) is 0 Å². The third kappa shape index (κ3) is 3.81. The SMILES string of the molecule is COc1ccc(NC2=C(c3ccc(C)cc3)C(=O)N(c3ccccc3Cl)C2=O)c(OC)c1. The molecule has 1 aliphatic heterocycles. The first-order chi connectivity index (χ1) is 15.4. The zero-order valence-electron chi connectivity index (χ0n) is 17.8. The third-order valence-corrected chi connectivity index (χ3v) is 5.51. The number of nitrogens with one attached hydrogen (secondary N) is 1. The van der Waals surface area contributed by atoms with Gasteiger partial charge in [-0.3, -0.25) is 9.59 Å². The average Bonchev–Trinajstić information content (AvgIpc) is 3.04. The number of halogens is 1. The number of aryl methyl sites for hydroxylation is 1. The number of benzene rings is 3. The fourth-order valence-corrected chi connectivity index (χ4v) is 3.74. The van der Waals surface area contributed by atoms with Gasteiger partial charge in [0.1, 0.15) is 17.2 Å². The molecule has 0 aliphatic carbocycles. The number of rotatable bonds is 6. The summed E-state index contributed by atoms with van der Waals surface area (Å²) in [5, 5.41) is 3.42. The first-order valence-corrected chi connectivity index (χ1v) is 10.3. The van der Waals surface area contributed by atoms with Crippen LogP contribution in [0.25, 0.3) is 5.57 Å². The summed E-state index contributed by atoms with van der Waals surface area (Å²) in [6, 6.07) is 19.3. The summed E-state index contributed by atoms with van der Waals surface area (Å²) in [6.07, 6.45) is 0. The number of imide groups is 1. The Morgan fingerprint density at radius 1 is 0.875 bits per heavy atom. The van der Waals surface area contributed by atoms with Crippen LogP contribution in [0.5, 0.6) is 11.5 Å². The Bertz CT molecular complexity index is 1230. The van der Waals surface area contributed by atoms with Gasteiger partial charge in [-0.1, -0.05) is 53.6 Å². The van der Waals surface area contributed by atoms with E-state index in [1.165, 1.54) is 7.11 Å². The van der Waals surface area contributed by atoms with Gasteiger partial charge in [0.05, 0.1) is 36.2 Å². The lowest BCUT2D eigenvalue weighted by molar-refractivity contribution is -0.120. The summed E-state index contributed by atoms with van der Waals surface area (Å²) in [4.78, 5) is 28.1. The van der Waals surface area contributed by atoms with Crippen molar-refractivity contribution in [2.75, 3.05) is 24.4 Å². The molecule has 2 amide bonds. The molecule has 0 aromatic heterocycles. The first kappa shape index (κ1) is 21.5. The minimum absolute atomic E-state index is 0.141. The number of carbonyl (C=O) groups excluding carboxylic acids is 2. The number of hydrogen-bond acceptors (Lipinski definition) is 5. The largest absolute Gasteiger partial charge is 0.497 e. The average molecular weight is 449 g/mol. The highest BCUT2D eigenvalue weighted by Gasteiger charge is 2.41. The number of ether oxygens (including phenoxy) is 2. The van der Waals surface area contributed by atoms with Crippen LogP contribution in [0.15, 0.2) is 72.4 Å². The third-order valence-electron chi connectivity index (χ3n) is 5.19. The Labute approximate surface area is 191 Å². The molecule has 32 heavy (non-hydrogen) atoms. The van der Waals surface area contributed by atoms with Gasteiger partial charge in [-0.15, -0.1) is 0 Å². The summed E-state index contributed by atoms with van der Waals surface area (Å²) >= 11 is 6.32. The Balaban J connectivity index is 1.85. The molecule has 3 aromatic rings. The Kier molecular flexibility index (Phi) is 5.88. The number of amides is 2. The molecule has 0 bridgehead atoms. The quantitative estimate of drug-likeness (QED) is 0.534. The van der Waals surface area contributed by atoms with Crippen molar-refractivity contribution in [1.82, 2.24) is 0 Å². The molecule has 3 aromatic carbocycles. The van der Waals surface area contributed by atoms with Gasteiger partial charge in [0.2, 0.25) is 0 Å². The number of carbonyl (C=O) groups is 2. The van der Waals surface area contributed by atoms with Gasteiger partial charge in [-0.2, -0.15) is 0 Å². The summed E-state index contributed by atoms with van der Waals surface area (Å²) in [7, 11) is 3.08. The van der Waals surface area contributed by atoms with E-state index in [1.807, 2.05) is 31.2 Å². The van der Waals surface area contributed by atoms with E-state index >= 15 is 0 Å². The van der Waals surface area contributed by atoms with Crippen molar-refractivity contribution in [3.05, 3.63) is 88.6 Å². The van der Waals surface area contributed by atoms with E-state index in [4.69, 9.17) is 21.1 Å². The molecule has 6 nitrogen and oxygen atoms in total. The van der Waals surface area contributed by atoms with E-state index in [2.05, 4.69) is 5.32 Å². The maximum Gasteiger partial charge on any atom is 0.282 e. The van der Waals surface area contributed by atoms with Crippen LogP contribution in [-0.2, 0) is 9.59 Å². The van der Waals surface area contributed by atoms with Crippen molar-refractivity contribution in [2.45, 2.75) is 6.92 Å². The highest BCUT2D eigenvalue weighted by molar-refractivity contribution is 6.48. The number of para-hydroxylation sites is 1. The molecule has 1 aliphatic rings. The van der Waals surface area contributed by atoms with Crippen molar-refractivity contribution >= 4 is 40.4 Å². The summed E-state index contributed by atoms with van der Waals surface area (Å²) in [5.41, 5.74) is 2.91. The standard InChI is InChI=1S/C25H21ClN2O4/c1-15-8-10-16(11-9-15)22-23(27-19-13-12-17(31-2)14-21(19)32-3)25(30)28(24(22)29)20-7-5-4-6-18(20)26/h4-14,27H,1-3H3. The lowest BCUT2D eigenvalue weighted by Gasteiger charge is -2.17. The fraction of sp³-hybridized carbons (Fsp3) is 0.120. The van der Waals surface area contributed by atoms with Gasteiger partial charge in [0.25, 0.3) is 11.8 Å². The molecule has 7 heteroatoms. The van der Waals surface area contributed by atoms with Crippen molar-refractivity contribution < 1.29 is 19.1 Å². The van der Waals surface area contributed by atoms with E-state index < -0.39 is 11.8 Å². The van der Waals surface area contributed by atoms with Crippen LogP contribution in [0.2, 0.25) is 5.02 Å². The van der Waals surface area contributed by atoms with Gasteiger partial charge >= 0.3 is 0 Å². The minimum atomic E-state index is -0.503. The van der Waals surface area contributed by atoms with E-state index in [-0.39, 0.29) is 11.3 Å². The number of hydrogen-bond donors (Lipinski definition) is 1. The highest BCUT2D eigenvalue weighted by atomic mass is 35.5. The predicted molar refractivity (Wildman–Crippen MR) is 125 cm³/mol. The summed E-state index contributed by atoms with van der Waals surface area (Å²) < 4.78 is 10.7. The van der Waals surface area contributed by atoms with Gasteiger partial charge in [0, 0.05) is 6.07 Å². The molecule has 0 saturated carbocycles. The Morgan fingerprint density at radius 2 is 1.59 bits per heavy atom. The molecule has 0 spiro atoms. The number of methoxy groups -OCH3 is 2. The molecular weight excluding hydrogens is 428 g/mol. The van der Waals surface area contributed by atoms with Crippen molar-refractivity contribution in [3.8, 4) is 11.5 Å². The monoisotopic (exact) mass is 448 g/mol. The summed E-state index contributed by atoms with van der Waals surface area (Å²) in [5.74, 6) is 0.113. The van der Waals surface area contributed by atoms with Gasteiger partial charge in [0.15, 0.2) is 0 Å². The molecule has 0 fully saturated rings. The topological polar surface area (TPSA) is 67.9 Å². The van der Waals surface area contributed by atoms with Gasteiger partial charge in [-0.25, -0.2) is 4.90 Å². The lowest BCUT2D eigenvalue weighted by atomic mass is 10.0. The number of nitrogens with zero attached hydrogens (tertiary/aromatic N) is 1. The Hall–Kier alpha value is -3.77. The second-order valence-corrected chi connectivity index (χ2v) is 7.61. The first-order valence-electron chi connectivity index (χ1n) is 9.88.